The van der Waals surface area contributed by atoms with Crippen LogP contribution in [0.3, 0.4) is 0 Å². The van der Waals surface area contributed by atoms with Crippen LogP contribution >= 0.6 is 0 Å². The molecular weight excluding hydrogens is 411 g/mol. The van der Waals surface area contributed by atoms with Crippen molar-refractivity contribution in [3.8, 4) is 17.1 Å². The minimum atomic E-state index is -4.56. The van der Waals surface area contributed by atoms with Crippen LogP contribution in [0.5, 0.6) is 5.75 Å². The Morgan fingerprint density at radius 2 is 1.94 bits per heavy atom. The molecule has 170 valence electrons. The molecular formula is C21H28F3N5O2. The Kier molecular flexibility index (Phi) is 7.40. The maximum atomic E-state index is 13.6. The molecule has 0 unspecified atom stereocenters. The van der Waals surface area contributed by atoms with Gasteiger partial charge in [0.05, 0.1) is 18.1 Å². The van der Waals surface area contributed by atoms with Crippen LogP contribution in [0.25, 0.3) is 11.4 Å². The molecule has 1 aliphatic heterocycles. The minimum Gasteiger partial charge on any atom is -0.493 e. The summed E-state index contributed by atoms with van der Waals surface area (Å²) in [5, 5.41) is 11.2. The van der Waals surface area contributed by atoms with Crippen LogP contribution in [0.4, 0.5) is 13.2 Å². The van der Waals surface area contributed by atoms with Crippen molar-refractivity contribution in [1.29, 1.82) is 5.41 Å². The first-order chi connectivity index (χ1) is 14.8. The normalized spacial score (nSPS) is 14.5. The van der Waals surface area contributed by atoms with E-state index >= 15 is 0 Å². The lowest BCUT2D eigenvalue weighted by atomic mass is 10.0. The standard InChI is InChI=1S/C21H28F3N5O2/c1-2-3-4-5-6-7-10-30-17-9-8-14(11-16(17)21(22,23)24)18-27-19(31-28-18)15-12-29(13-15)20(25)26/h8-9,11,15H,2-7,10,12-13H2,1H3,(H3,25,26). The third-order valence-electron chi connectivity index (χ3n) is 5.31. The second-order valence-corrected chi connectivity index (χ2v) is 7.77. The van der Waals surface area contributed by atoms with Gasteiger partial charge in [-0.2, -0.15) is 18.2 Å². The molecule has 10 heteroatoms. The van der Waals surface area contributed by atoms with Gasteiger partial charge in [0.25, 0.3) is 0 Å². The largest absolute Gasteiger partial charge is 0.493 e. The summed E-state index contributed by atoms with van der Waals surface area (Å²) in [5.74, 6) is 0.0906. The number of ether oxygens (including phenoxy) is 1. The van der Waals surface area contributed by atoms with Crippen LogP contribution < -0.4 is 10.5 Å². The molecule has 0 bridgehead atoms. The van der Waals surface area contributed by atoms with Crippen molar-refractivity contribution >= 4 is 5.96 Å². The zero-order valence-electron chi connectivity index (χ0n) is 17.5. The summed E-state index contributed by atoms with van der Waals surface area (Å²) in [6.45, 7) is 3.32. The number of nitrogens with one attached hydrogen (secondary N) is 1. The Morgan fingerprint density at radius 3 is 2.61 bits per heavy atom. The molecule has 1 aliphatic rings. The maximum Gasteiger partial charge on any atom is 0.419 e. The number of hydrogen-bond donors (Lipinski definition) is 2. The average molecular weight is 439 g/mol. The Hall–Kier alpha value is -2.78. The molecule has 7 nitrogen and oxygen atoms in total. The van der Waals surface area contributed by atoms with Gasteiger partial charge in [-0.3, -0.25) is 5.41 Å². The maximum absolute atomic E-state index is 13.6. The van der Waals surface area contributed by atoms with E-state index < -0.39 is 11.7 Å². The van der Waals surface area contributed by atoms with E-state index in [1.807, 2.05) is 0 Å². The van der Waals surface area contributed by atoms with Gasteiger partial charge in [0.2, 0.25) is 11.7 Å². The van der Waals surface area contributed by atoms with Crippen molar-refractivity contribution in [3.63, 3.8) is 0 Å². The van der Waals surface area contributed by atoms with Crippen molar-refractivity contribution < 1.29 is 22.4 Å². The molecule has 0 atom stereocenters. The fraction of sp³-hybridized carbons (Fsp3) is 0.571. The van der Waals surface area contributed by atoms with Crippen LogP contribution in [-0.4, -0.2) is 40.7 Å². The molecule has 3 rings (SSSR count). The summed E-state index contributed by atoms with van der Waals surface area (Å²) in [7, 11) is 0. The monoisotopic (exact) mass is 439 g/mol. The number of halogens is 3. The summed E-state index contributed by atoms with van der Waals surface area (Å²) >= 11 is 0. The smallest absolute Gasteiger partial charge is 0.419 e. The first-order valence-electron chi connectivity index (χ1n) is 10.6. The fourth-order valence-electron chi connectivity index (χ4n) is 3.43. The molecule has 2 aromatic rings. The van der Waals surface area contributed by atoms with Crippen LogP contribution in [0.1, 0.15) is 62.8 Å². The van der Waals surface area contributed by atoms with Crippen molar-refractivity contribution in [2.75, 3.05) is 19.7 Å². The zero-order valence-corrected chi connectivity index (χ0v) is 17.5. The predicted molar refractivity (Wildman–Crippen MR) is 110 cm³/mol. The molecule has 0 amide bonds. The quantitative estimate of drug-likeness (QED) is 0.314. The van der Waals surface area contributed by atoms with Crippen molar-refractivity contribution in [2.24, 2.45) is 5.73 Å². The first kappa shape index (κ1) is 22.9. The van der Waals surface area contributed by atoms with Gasteiger partial charge in [0.15, 0.2) is 5.96 Å². The van der Waals surface area contributed by atoms with E-state index in [1.54, 1.807) is 4.90 Å². The SMILES string of the molecule is CCCCCCCCOc1ccc(-c2noc(C3CN(C(=N)N)C3)n2)cc1C(F)(F)F. The second-order valence-electron chi connectivity index (χ2n) is 7.77. The number of likely N-dealkylation sites (tertiary alicyclic amines) is 1. The van der Waals surface area contributed by atoms with E-state index in [0.29, 0.717) is 19.0 Å². The minimum absolute atomic E-state index is 0.0395. The number of nitrogens with two attached hydrogens (primary N) is 1. The van der Waals surface area contributed by atoms with Crippen LogP contribution in [0.15, 0.2) is 22.7 Å². The molecule has 0 spiro atoms. The van der Waals surface area contributed by atoms with Gasteiger partial charge >= 0.3 is 6.18 Å². The number of benzene rings is 1. The molecule has 1 fully saturated rings. The van der Waals surface area contributed by atoms with E-state index in [4.69, 9.17) is 20.4 Å². The van der Waals surface area contributed by atoms with Gasteiger partial charge in [-0.15, -0.1) is 0 Å². The van der Waals surface area contributed by atoms with E-state index in [-0.39, 0.29) is 35.6 Å². The molecule has 0 radical (unpaired) electrons. The summed E-state index contributed by atoms with van der Waals surface area (Å²) in [5.41, 5.74) is 4.75. The third-order valence-corrected chi connectivity index (χ3v) is 5.31. The Morgan fingerprint density at radius 1 is 1.23 bits per heavy atom. The molecule has 31 heavy (non-hydrogen) atoms. The van der Waals surface area contributed by atoms with Crippen LogP contribution in [-0.2, 0) is 6.18 Å². The van der Waals surface area contributed by atoms with Crippen LogP contribution in [0, 0.1) is 5.41 Å². The van der Waals surface area contributed by atoms with E-state index in [2.05, 4.69) is 17.1 Å². The molecule has 0 saturated carbocycles. The molecule has 1 aromatic heterocycles. The molecule has 3 N–H and O–H groups in total. The summed E-state index contributed by atoms with van der Waals surface area (Å²) in [4.78, 5) is 5.87. The van der Waals surface area contributed by atoms with E-state index in [1.165, 1.54) is 18.6 Å². The number of guanidine groups is 1. The number of alkyl halides is 3. The van der Waals surface area contributed by atoms with Crippen molar-refractivity contribution in [3.05, 3.63) is 29.7 Å². The lowest BCUT2D eigenvalue weighted by molar-refractivity contribution is -0.138. The third kappa shape index (κ3) is 5.89. The number of nitrogens with zero attached hydrogens (tertiary/aromatic N) is 3. The highest BCUT2D eigenvalue weighted by Crippen LogP contribution is 2.39. The lowest BCUT2D eigenvalue weighted by Gasteiger charge is -2.37. The number of hydrogen-bond acceptors (Lipinski definition) is 5. The van der Waals surface area contributed by atoms with Gasteiger partial charge < -0.3 is 19.9 Å². The molecule has 0 aliphatic carbocycles. The van der Waals surface area contributed by atoms with Gasteiger partial charge in [-0.05, 0) is 24.6 Å². The molecule has 1 saturated heterocycles. The van der Waals surface area contributed by atoms with Gasteiger partial charge in [0, 0.05) is 18.7 Å². The molecule has 2 heterocycles. The second kappa shape index (κ2) is 10.0. The van der Waals surface area contributed by atoms with Crippen LogP contribution in [0.2, 0.25) is 0 Å². The van der Waals surface area contributed by atoms with E-state index in [9.17, 15) is 13.2 Å². The summed E-state index contributed by atoms with van der Waals surface area (Å²) in [6, 6.07) is 3.81. The fourth-order valence-corrected chi connectivity index (χ4v) is 3.43. The highest BCUT2D eigenvalue weighted by molar-refractivity contribution is 5.75. The predicted octanol–water partition coefficient (Wildman–Crippen LogP) is 4.79. The number of rotatable bonds is 10. The summed E-state index contributed by atoms with van der Waals surface area (Å²) < 4.78 is 51.4. The van der Waals surface area contributed by atoms with Gasteiger partial charge in [0.1, 0.15) is 5.75 Å². The summed E-state index contributed by atoms with van der Waals surface area (Å²) in [6.07, 6.45) is 1.62. The number of unbranched alkanes of at least 4 members (excludes halogenated alkanes) is 5. The first-order valence-corrected chi connectivity index (χ1v) is 10.6. The number of aromatic nitrogens is 2. The highest BCUT2D eigenvalue weighted by atomic mass is 19.4. The topological polar surface area (TPSA) is 101 Å². The Bertz CT molecular complexity index is 878. The Balaban J connectivity index is 1.64. The van der Waals surface area contributed by atoms with Crippen molar-refractivity contribution in [2.45, 2.75) is 57.5 Å². The zero-order chi connectivity index (χ0) is 22.4. The Labute approximate surface area is 179 Å². The van der Waals surface area contributed by atoms with Gasteiger partial charge in [-0.1, -0.05) is 44.2 Å². The van der Waals surface area contributed by atoms with Crippen molar-refractivity contribution in [1.82, 2.24) is 15.0 Å². The highest BCUT2D eigenvalue weighted by Gasteiger charge is 2.36. The molecule has 1 aromatic carbocycles. The average Bonchev–Trinajstić information content (AvgIpc) is 3.14. The van der Waals surface area contributed by atoms with Gasteiger partial charge in [-0.25, -0.2) is 0 Å². The van der Waals surface area contributed by atoms with E-state index in [0.717, 1.165) is 38.2 Å². The lowest BCUT2D eigenvalue weighted by Crippen LogP contribution is -2.51.